The monoisotopic (exact) mass is 360 g/mol. The van der Waals surface area contributed by atoms with Crippen molar-refractivity contribution in [3.05, 3.63) is 64.7 Å². The van der Waals surface area contributed by atoms with Crippen LogP contribution in [0.5, 0.6) is 0 Å². The molecule has 2 N–H and O–H groups in total. The minimum atomic E-state index is -4.02. The summed E-state index contributed by atoms with van der Waals surface area (Å²) in [6, 6.07) is 9.68. The number of fused-ring (bicyclic) bond motifs is 1. The summed E-state index contributed by atoms with van der Waals surface area (Å²) in [4.78, 5) is 41.4. The molecule has 0 aliphatic carbocycles. The molecule has 3 rings (SSSR count). The number of aryl methyl sites for hydroxylation is 1. The largest absolute Gasteiger partial charge is 0.364 e. The molecule has 0 radical (unpaired) electrons. The lowest BCUT2D eigenvalue weighted by Crippen LogP contribution is -2.33. The maximum Gasteiger partial charge on any atom is 0.364 e. The van der Waals surface area contributed by atoms with Gasteiger partial charge in [-0.1, -0.05) is 23.3 Å². The van der Waals surface area contributed by atoms with Crippen LogP contribution in [0.1, 0.15) is 36.6 Å². The van der Waals surface area contributed by atoms with Crippen LogP contribution in [0.4, 0.5) is 0 Å². The molecule has 1 aliphatic rings. The zero-order valence-electron chi connectivity index (χ0n) is 12.9. The van der Waals surface area contributed by atoms with Crippen molar-refractivity contribution in [2.45, 2.75) is 11.8 Å². The van der Waals surface area contributed by atoms with E-state index in [2.05, 4.69) is 0 Å². The molecular weight excluding hydrogens is 348 g/mol. The average molecular weight is 360 g/mol. The molecule has 8 nitrogen and oxygen atoms in total. The Balaban J connectivity index is 1.92. The summed E-state index contributed by atoms with van der Waals surface area (Å²) in [6.45, 7) is 1.55. The van der Waals surface area contributed by atoms with Gasteiger partial charge in [-0.2, -0.15) is 0 Å². The highest BCUT2D eigenvalue weighted by atomic mass is 32.2. The zero-order valence-corrected chi connectivity index (χ0v) is 13.7. The van der Waals surface area contributed by atoms with E-state index in [1.807, 2.05) is 0 Å². The second kappa shape index (κ2) is 5.80. The van der Waals surface area contributed by atoms with Crippen molar-refractivity contribution < 1.29 is 27.6 Å². The smallest absolute Gasteiger partial charge is 0.324 e. The molecule has 1 heterocycles. The molecule has 128 valence electrons. The van der Waals surface area contributed by atoms with Crippen LogP contribution in [-0.4, -0.2) is 31.3 Å². The summed E-state index contributed by atoms with van der Waals surface area (Å²) in [7, 11) is -4.02. The van der Waals surface area contributed by atoms with E-state index in [4.69, 9.17) is 9.98 Å². The van der Waals surface area contributed by atoms with E-state index >= 15 is 0 Å². The predicted molar refractivity (Wildman–Crippen MR) is 84.9 cm³/mol. The molecule has 2 aromatic carbocycles. The number of nitrogens with two attached hydrogens (primary N) is 1. The number of hydroxylamine groups is 2. The lowest BCUT2D eigenvalue weighted by atomic mass is 10.1. The van der Waals surface area contributed by atoms with Gasteiger partial charge >= 0.3 is 5.97 Å². The third kappa shape index (κ3) is 2.90. The van der Waals surface area contributed by atoms with Gasteiger partial charge < -0.3 is 4.84 Å². The fraction of sp³-hybridized carbons (Fsp3) is 0.0625. The molecule has 0 fully saturated rings. The maximum atomic E-state index is 12.3. The highest BCUT2D eigenvalue weighted by Crippen LogP contribution is 2.24. The number of hydrogen-bond donors (Lipinski definition) is 1. The van der Waals surface area contributed by atoms with E-state index in [1.165, 1.54) is 24.3 Å². The molecule has 9 heteroatoms. The van der Waals surface area contributed by atoms with Crippen LogP contribution in [-0.2, 0) is 14.9 Å². The number of rotatable bonds is 3. The topological polar surface area (TPSA) is 124 Å². The minimum Gasteiger partial charge on any atom is -0.324 e. The van der Waals surface area contributed by atoms with Crippen molar-refractivity contribution in [2.24, 2.45) is 5.14 Å². The van der Waals surface area contributed by atoms with Crippen molar-refractivity contribution in [1.82, 2.24) is 5.06 Å². The van der Waals surface area contributed by atoms with Crippen molar-refractivity contribution in [3.8, 4) is 0 Å². The average Bonchev–Trinajstić information content (AvgIpc) is 2.79. The van der Waals surface area contributed by atoms with E-state index < -0.39 is 27.8 Å². The van der Waals surface area contributed by atoms with Crippen molar-refractivity contribution in [2.75, 3.05) is 0 Å². The van der Waals surface area contributed by atoms with Crippen LogP contribution in [0.3, 0.4) is 0 Å². The number of amides is 2. The first kappa shape index (κ1) is 16.8. The fourth-order valence-corrected chi connectivity index (χ4v) is 2.92. The molecule has 0 saturated carbocycles. The number of sulfonamides is 1. The van der Waals surface area contributed by atoms with Gasteiger partial charge in [0, 0.05) is 0 Å². The Kier molecular flexibility index (Phi) is 3.90. The van der Waals surface area contributed by atoms with Gasteiger partial charge in [0.05, 0.1) is 21.6 Å². The van der Waals surface area contributed by atoms with Crippen molar-refractivity contribution in [1.29, 1.82) is 0 Å². The van der Waals surface area contributed by atoms with Gasteiger partial charge in [-0.05, 0) is 36.8 Å². The van der Waals surface area contributed by atoms with Gasteiger partial charge in [-0.25, -0.2) is 18.4 Å². The second-order valence-corrected chi connectivity index (χ2v) is 6.91. The molecule has 0 saturated heterocycles. The van der Waals surface area contributed by atoms with Gasteiger partial charge in [-0.15, -0.1) is 0 Å². The highest BCUT2D eigenvalue weighted by Gasteiger charge is 2.39. The Morgan fingerprint density at radius 3 is 2.12 bits per heavy atom. The highest BCUT2D eigenvalue weighted by molar-refractivity contribution is 7.89. The Hall–Kier alpha value is -3.04. The van der Waals surface area contributed by atoms with Gasteiger partial charge in [0.1, 0.15) is 0 Å². The molecule has 2 aromatic rings. The summed E-state index contributed by atoms with van der Waals surface area (Å²) < 4.78 is 22.8. The van der Waals surface area contributed by atoms with Crippen LogP contribution < -0.4 is 5.14 Å². The van der Waals surface area contributed by atoms with E-state index in [1.54, 1.807) is 19.1 Å². The summed E-state index contributed by atoms with van der Waals surface area (Å²) in [6.07, 6.45) is 0. The molecule has 0 bridgehead atoms. The molecule has 0 unspecified atom stereocenters. The fourth-order valence-electron chi connectivity index (χ4n) is 2.38. The maximum absolute atomic E-state index is 12.3. The molecular formula is C16H12N2O6S. The first-order valence-corrected chi connectivity index (χ1v) is 8.58. The first-order valence-electron chi connectivity index (χ1n) is 7.03. The van der Waals surface area contributed by atoms with Crippen LogP contribution in [0, 0.1) is 6.92 Å². The number of nitrogens with zero attached hydrogens (tertiary/aromatic N) is 1. The van der Waals surface area contributed by atoms with E-state index in [-0.39, 0.29) is 21.6 Å². The molecule has 25 heavy (non-hydrogen) atoms. The predicted octanol–water partition coefficient (Wildman–Crippen LogP) is 1.01. The quantitative estimate of drug-likeness (QED) is 0.815. The van der Waals surface area contributed by atoms with Crippen molar-refractivity contribution >= 4 is 27.8 Å². The third-order valence-corrected chi connectivity index (χ3v) is 4.60. The zero-order chi connectivity index (χ0) is 18.4. The lowest BCUT2D eigenvalue weighted by Gasteiger charge is -2.14. The normalized spacial score (nSPS) is 13.8. The van der Waals surface area contributed by atoms with E-state index in [0.717, 1.165) is 6.07 Å². The number of hydrogen-bond acceptors (Lipinski definition) is 6. The molecule has 1 aliphatic heterocycles. The summed E-state index contributed by atoms with van der Waals surface area (Å²) >= 11 is 0. The van der Waals surface area contributed by atoms with E-state index in [0.29, 0.717) is 10.6 Å². The van der Waals surface area contributed by atoms with E-state index in [9.17, 15) is 22.8 Å². The molecule has 0 aromatic heterocycles. The Morgan fingerprint density at radius 1 is 1.04 bits per heavy atom. The SMILES string of the molecule is Cc1ccc(S(N)(=O)=O)cc1C(=O)ON1C(=O)c2ccccc2C1=O. The summed E-state index contributed by atoms with van der Waals surface area (Å²) in [5.74, 6) is -2.58. The molecule has 0 atom stereocenters. The van der Waals surface area contributed by atoms with Crippen LogP contribution in [0.15, 0.2) is 47.4 Å². The van der Waals surface area contributed by atoms with Crippen LogP contribution in [0.25, 0.3) is 0 Å². The van der Waals surface area contributed by atoms with Crippen molar-refractivity contribution in [3.63, 3.8) is 0 Å². The number of carbonyl (C=O) groups is 3. The molecule has 2 amide bonds. The van der Waals surface area contributed by atoms with Gasteiger partial charge in [0.25, 0.3) is 11.8 Å². The Bertz CT molecular complexity index is 994. The minimum absolute atomic E-state index is 0.121. The van der Waals surface area contributed by atoms with Gasteiger partial charge in [0.2, 0.25) is 10.0 Å². The lowest BCUT2D eigenvalue weighted by molar-refractivity contribution is -0.0585. The van der Waals surface area contributed by atoms with Crippen LogP contribution >= 0.6 is 0 Å². The Labute approximate surface area is 142 Å². The van der Waals surface area contributed by atoms with Gasteiger partial charge in [0.15, 0.2) is 0 Å². The summed E-state index contributed by atoms with van der Waals surface area (Å²) in [5, 5.41) is 5.40. The third-order valence-electron chi connectivity index (χ3n) is 3.69. The van der Waals surface area contributed by atoms with Crippen LogP contribution in [0.2, 0.25) is 0 Å². The standard InChI is InChI=1S/C16H12N2O6S/c1-9-6-7-10(25(17,22)23)8-13(9)16(21)24-18-14(19)11-4-2-3-5-12(11)15(18)20/h2-8H,1H3,(H2,17,22,23). The second-order valence-electron chi connectivity index (χ2n) is 5.35. The summed E-state index contributed by atoms with van der Waals surface area (Å²) in [5.41, 5.74) is 0.516. The number of carbonyl (C=O) groups excluding carboxylic acids is 3. The number of primary sulfonamides is 1. The van der Waals surface area contributed by atoms with Gasteiger partial charge in [-0.3, -0.25) is 9.59 Å². The number of benzene rings is 2. The Morgan fingerprint density at radius 2 is 1.60 bits per heavy atom. The number of imide groups is 1. The first-order chi connectivity index (χ1) is 11.7. The molecule has 0 spiro atoms.